The lowest BCUT2D eigenvalue weighted by Crippen LogP contribution is -2.33. The molecule has 2 amide bonds. The van der Waals surface area contributed by atoms with Crippen LogP contribution in [0.3, 0.4) is 0 Å². The lowest BCUT2D eigenvalue weighted by Gasteiger charge is -2.07. The Hall–Kier alpha value is -0.900. The van der Waals surface area contributed by atoms with Gasteiger partial charge in [0, 0.05) is 20.0 Å². The second-order valence-electron chi connectivity index (χ2n) is 1.82. The fourth-order valence-electron chi connectivity index (χ4n) is 0.690. The molecule has 0 spiro atoms. The molecule has 0 radical (unpaired) electrons. The zero-order chi connectivity index (χ0) is 7.98. The van der Waals surface area contributed by atoms with Gasteiger partial charge in [0.05, 0.1) is 0 Å². The lowest BCUT2D eigenvalue weighted by atomic mass is 10.1. The highest BCUT2D eigenvalue weighted by molar-refractivity contribution is 5.97. The minimum absolute atomic E-state index is 0.138. The number of carbonyl (C=O) groups excluding carboxylic acids is 2. The van der Waals surface area contributed by atoms with Crippen LogP contribution >= 0.6 is 0 Å². The van der Waals surface area contributed by atoms with Crippen LogP contribution in [-0.2, 0) is 9.59 Å². The van der Waals surface area contributed by atoms with E-state index in [1.165, 1.54) is 0 Å². The van der Waals surface area contributed by atoms with Gasteiger partial charge in [-0.15, -0.1) is 0 Å². The van der Waals surface area contributed by atoms with E-state index < -0.39 is 0 Å². The number of hydrogen-bond acceptors (Lipinski definition) is 3. The molecule has 0 bridgehead atoms. The lowest BCUT2D eigenvalue weighted by molar-refractivity contribution is -0.132. The number of nitrogens with one attached hydrogen (secondary N) is 1. The van der Waals surface area contributed by atoms with Crippen molar-refractivity contribution in [2.45, 2.75) is 19.3 Å². The minimum Gasteiger partial charge on any atom is -0.400 e. The summed E-state index contributed by atoms with van der Waals surface area (Å²) >= 11 is 0. The van der Waals surface area contributed by atoms with Crippen molar-refractivity contribution >= 4 is 11.8 Å². The van der Waals surface area contributed by atoms with Crippen LogP contribution in [0.4, 0.5) is 0 Å². The Morgan fingerprint density at radius 1 is 1.20 bits per heavy atom. The first-order valence-corrected chi connectivity index (χ1v) is 3.06. The zero-order valence-electron chi connectivity index (χ0n) is 5.89. The van der Waals surface area contributed by atoms with Gasteiger partial charge in [0.2, 0.25) is 11.8 Å². The maximum Gasteiger partial charge on any atom is 0.226 e. The molecule has 4 nitrogen and oxygen atoms in total. The van der Waals surface area contributed by atoms with E-state index in [0.29, 0.717) is 19.3 Å². The Morgan fingerprint density at radius 2 is 1.60 bits per heavy atom. The summed E-state index contributed by atoms with van der Waals surface area (Å²) < 4.78 is 0. The number of aliphatic hydroxyl groups excluding tert-OH is 1. The molecule has 1 fully saturated rings. The van der Waals surface area contributed by atoms with Gasteiger partial charge in [-0.1, -0.05) is 0 Å². The van der Waals surface area contributed by atoms with Gasteiger partial charge < -0.3 is 5.11 Å². The van der Waals surface area contributed by atoms with Crippen molar-refractivity contribution in [3.63, 3.8) is 0 Å². The molecule has 4 heteroatoms. The standard InChI is InChI=1S/C5H7NO2.CH4O/c7-4-2-1-3-5(8)6-4;1-2/h1-3H2,(H,6,7,8);2H,1H3. The van der Waals surface area contributed by atoms with Crippen LogP contribution in [0, 0.1) is 0 Å². The van der Waals surface area contributed by atoms with E-state index in [1.54, 1.807) is 0 Å². The molecule has 1 heterocycles. The van der Waals surface area contributed by atoms with E-state index >= 15 is 0 Å². The average Bonchev–Trinajstić information content (AvgIpc) is 1.91. The summed E-state index contributed by atoms with van der Waals surface area (Å²) in [4.78, 5) is 20.7. The van der Waals surface area contributed by atoms with Gasteiger partial charge in [-0.2, -0.15) is 0 Å². The summed E-state index contributed by atoms with van der Waals surface area (Å²) in [6.07, 6.45) is 1.72. The molecular formula is C6H11NO3. The van der Waals surface area contributed by atoms with E-state index in [1.807, 2.05) is 0 Å². The summed E-state index contributed by atoms with van der Waals surface area (Å²) in [6.45, 7) is 0. The monoisotopic (exact) mass is 145 g/mol. The molecule has 0 atom stereocenters. The van der Waals surface area contributed by atoms with Crippen LogP contribution in [0.5, 0.6) is 0 Å². The quantitative estimate of drug-likeness (QED) is 0.448. The van der Waals surface area contributed by atoms with Crippen molar-refractivity contribution in [2.75, 3.05) is 7.11 Å². The van der Waals surface area contributed by atoms with Crippen LogP contribution in [0.15, 0.2) is 0 Å². The summed E-state index contributed by atoms with van der Waals surface area (Å²) in [6, 6.07) is 0. The molecule has 1 saturated heterocycles. The van der Waals surface area contributed by atoms with E-state index in [-0.39, 0.29) is 11.8 Å². The summed E-state index contributed by atoms with van der Waals surface area (Å²) in [5.74, 6) is -0.275. The van der Waals surface area contributed by atoms with Gasteiger partial charge in [-0.05, 0) is 6.42 Å². The topological polar surface area (TPSA) is 66.4 Å². The van der Waals surface area contributed by atoms with Crippen LogP contribution in [0.1, 0.15) is 19.3 Å². The smallest absolute Gasteiger partial charge is 0.226 e. The molecule has 0 unspecified atom stereocenters. The van der Waals surface area contributed by atoms with Crippen molar-refractivity contribution < 1.29 is 14.7 Å². The number of carbonyl (C=O) groups is 2. The predicted molar refractivity (Wildman–Crippen MR) is 35.1 cm³/mol. The van der Waals surface area contributed by atoms with Crippen molar-refractivity contribution in [3.05, 3.63) is 0 Å². The molecule has 1 aliphatic rings. The Labute approximate surface area is 59.2 Å². The van der Waals surface area contributed by atoms with E-state index in [4.69, 9.17) is 5.11 Å². The minimum atomic E-state index is -0.138. The molecule has 1 rings (SSSR count). The Morgan fingerprint density at radius 3 is 1.80 bits per heavy atom. The fourth-order valence-corrected chi connectivity index (χ4v) is 0.690. The first-order valence-electron chi connectivity index (χ1n) is 3.06. The van der Waals surface area contributed by atoms with Gasteiger partial charge in [0.1, 0.15) is 0 Å². The second kappa shape index (κ2) is 4.93. The number of piperidine rings is 1. The molecule has 0 aliphatic carbocycles. The van der Waals surface area contributed by atoms with Crippen LogP contribution in [-0.4, -0.2) is 24.0 Å². The Kier molecular flexibility index (Phi) is 4.49. The molecule has 10 heavy (non-hydrogen) atoms. The van der Waals surface area contributed by atoms with Crippen LogP contribution < -0.4 is 5.32 Å². The first-order chi connectivity index (χ1) is 4.79. The van der Waals surface area contributed by atoms with Crippen molar-refractivity contribution in [1.82, 2.24) is 5.32 Å². The number of rotatable bonds is 0. The van der Waals surface area contributed by atoms with Crippen LogP contribution in [0.2, 0.25) is 0 Å². The molecule has 0 aromatic rings. The average molecular weight is 145 g/mol. The molecule has 2 N–H and O–H groups in total. The van der Waals surface area contributed by atoms with Crippen molar-refractivity contribution in [3.8, 4) is 0 Å². The summed E-state index contributed by atoms with van der Waals surface area (Å²) in [5, 5.41) is 9.20. The van der Waals surface area contributed by atoms with Crippen molar-refractivity contribution in [1.29, 1.82) is 0 Å². The van der Waals surface area contributed by atoms with E-state index in [0.717, 1.165) is 7.11 Å². The third-order valence-electron chi connectivity index (χ3n) is 1.09. The third-order valence-corrected chi connectivity index (χ3v) is 1.09. The van der Waals surface area contributed by atoms with E-state index in [2.05, 4.69) is 5.32 Å². The normalized spacial score (nSPS) is 17.0. The maximum absolute atomic E-state index is 10.3. The predicted octanol–water partition coefficient (Wildman–Crippen LogP) is -0.578. The highest BCUT2D eigenvalue weighted by atomic mass is 16.2. The summed E-state index contributed by atoms with van der Waals surface area (Å²) in [5.41, 5.74) is 0. The van der Waals surface area contributed by atoms with E-state index in [9.17, 15) is 9.59 Å². The highest BCUT2D eigenvalue weighted by Crippen LogP contribution is 2.00. The molecular weight excluding hydrogens is 134 g/mol. The SMILES string of the molecule is CO.O=C1CCCC(=O)N1. The highest BCUT2D eigenvalue weighted by Gasteiger charge is 2.12. The Bertz CT molecular complexity index is 119. The Balaban J connectivity index is 0.000000371. The molecule has 0 aromatic carbocycles. The molecule has 1 aliphatic heterocycles. The zero-order valence-corrected chi connectivity index (χ0v) is 5.89. The number of imide groups is 1. The van der Waals surface area contributed by atoms with Gasteiger partial charge in [-0.3, -0.25) is 14.9 Å². The van der Waals surface area contributed by atoms with Gasteiger partial charge in [-0.25, -0.2) is 0 Å². The first kappa shape index (κ1) is 9.10. The molecule has 58 valence electrons. The van der Waals surface area contributed by atoms with Crippen molar-refractivity contribution in [2.24, 2.45) is 0 Å². The fraction of sp³-hybridized carbons (Fsp3) is 0.667. The second-order valence-corrected chi connectivity index (χ2v) is 1.82. The van der Waals surface area contributed by atoms with Gasteiger partial charge in [0.15, 0.2) is 0 Å². The third kappa shape index (κ3) is 3.19. The molecule has 0 saturated carbocycles. The number of hydrogen-bond donors (Lipinski definition) is 2. The van der Waals surface area contributed by atoms with Gasteiger partial charge in [0.25, 0.3) is 0 Å². The number of aliphatic hydroxyl groups is 1. The number of amides is 2. The van der Waals surface area contributed by atoms with Gasteiger partial charge >= 0.3 is 0 Å². The largest absolute Gasteiger partial charge is 0.400 e. The summed E-state index contributed by atoms with van der Waals surface area (Å²) in [7, 11) is 1.00. The molecule has 0 aromatic heterocycles. The van der Waals surface area contributed by atoms with Crippen LogP contribution in [0.25, 0.3) is 0 Å². The maximum atomic E-state index is 10.3.